The van der Waals surface area contributed by atoms with Crippen LogP contribution in [0.25, 0.3) is 0 Å². The molecule has 0 saturated carbocycles. The molecule has 0 amide bonds. The number of nitrogens with zero attached hydrogens (tertiary/aromatic N) is 3. The number of halogens is 1. The smallest absolute Gasteiger partial charge is 0.244 e. The van der Waals surface area contributed by atoms with Crippen LogP contribution in [0.4, 0.5) is 0 Å². The molecule has 1 aromatic carbocycles. The molecule has 1 aliphatic rings. The molecular weight excluding hydrogens is 286 g/mol. The van der Waals surface area contributed by atoms with Gasteiger partial charge in [-0.2, -0.15) is 4.31 Å². The standard InChI is InChI=1S/C12H10ClN3O2S/c13-10-3-1-2-4-12(10)19(17,18)16-6-9-5-14-8-15-11(9)7-16/h1-5,8H,6-7H2. The fourth-order valence-corrected chi connectivity index (χ4v) is 3.91. The summed E-state index contributed by atoms with van der Waals surface area (Å²) in [6, 6.07) is 6.43. The van der Waals surface area contributed by atoms with Crippen molar-refractivity contribution >= 4 is 21.6 Å². The van der Waals surface area contributed by atoms with Gasteiger partial charge in [0, 0.05) is 18.3 Å². The molecule has 0 saturated heterocycles. The molecule has 3 rings (SSSR count). The third-order valence-corrected chi connectivity index (χ3v) is 5.30. The first-order valence-corrected chi connectivity index (χ1v) is 7.43. The van der Waals surface area contributed by atoms with Gasteiger partial charge in [0.2, 0.25) is 10.0 Å². The Bertz CT molecular complexity index is 708. The summed E-state index contributed by atoms with van der Waals surface area (Å²) in [4.78, 5) is 8.12. The lowest BCUT2D eigenvalue weighted by molar-refractivity contribution is 0.430. The largest absolute Gasteiger partial charge is 0.245 e. The zero-order chi connectivity index (χ0) is 13.5. The van der Waals surface area contributed by atoms with E-state index in [-0.39, 0.29) is 23.0 Å². The van der Waals surface area contributed by atoms with Gasteiger partial charge in [0.05, 0.1) is 17.3 Å². The fourth-order valence-electron chi connectivity index (χ4n) is 2.03. The summed E-state index contributed by atoms with van der Waals surface area (Å²) in [5.41, 5.74) is 1.57. The predicted octanol–water partition coefficient (Wildman–Crippen LogP) is 1.83. The van der Waals surface area contributed by atoms with Crippen molar-refractivity contribution in [1.82, 2.24) is 14.3 Å². The van der Waals surface area contributed by atoms with Gasteiger partial charge in [-0.05, 0) is 12.1 Å². The van der Waals surface area contributed by atoms with Gasteiger partial charge in [-0.15, -0.1) is 0 Å². The van der Waals surface area contributed by atoms with Gasteiger partial charge in [0.25, 0.3) is 0 Å². The molecule has 1 aromatic heterocycles. The quantitative estimate of drug-likeness (QED) is 0.848. The molecule has 5 nitrogen and oxygen atoms in total. The molecule has 2 heterocycles. The van der Waals surface area contributed by atoms with E-state index in [1.807, 2.05) is 0 Å². The minimum absolute atomic E-state index is 0.123. The van der Waals surface area contributed by atoms with Crippen LogP contribution >= 0.6 is 11.6 Å². The normalized spacial score (nSPS) is 15.4. The molecule has 19 heavy (non-hydrogen) atoms. The Hall–Kier alpha value is -1.50. The molecule has 98 valence electrons. The van der Waals surface area contributed by atoms with E-state index in [1.54, 1.807) is 24.4 Å². The first-order chi connectivity index (χ1) is 9.09. The van der Waals surface area contributed by atoms with Crippen molar-refractivity contribution in [3.8, 4) is 0 Å². The average Bonchev–Trinajstić information content (AvgIpc) is 2.83. The van der Waals surface area contributed by atoms with E-state index < -0.39 is 10.0 Å². The Kier molecular flexibility index (Phi) is 3.00. The van der Waals surface area contributed by atoms with Gasteiger partial charge >= 0.3 is 0 Å². The van der Waals surface area contributed by atoms with Gasteiger partial charge in [-0.3, -0.25) is 0 Å². The van der Waals surface area contributed by atoms with Crippen LogP contribution in [0.1, 0.15) is 11.3 Å². The van der Waals surface area contributed by atoms with E-state index in [2.05, 4.69) is 9.97 Å². The van der Waals surface area contributed by atoms with Crippen LogP contribution in [0.3, 0.4) is 0 Å². The second-order valence-electron chi connectivity index (χ2n) is 4.20. The van der Waals surface area contributed by atoms with Gasteiger partial charge in [0.1, 0.15) is 11.2 Å². The highest BCUT2D eigenvalue weighted by Gasteiger charge is 2.32. The number of fused-ring (bicyclic) bond motifs is 1. The molecule has 0 atom stereocenters. The predicted molar refractivity (Wildman–Crippen MR) is 69.9 cm³/mol. The number of hydrogen-bond donors (Lipinski definition) is 0. The highest BCUT2D eigenvalue weighted by atomic mass is 35.5. The fraction of sp³-hybridized carbons (Fsp3) is 0.167. The van der Waals surface area contributed by atoms with Crippen molar-refractivity contribution in [2.24, 2.45) is 0 Å². The molecule has 7 heteroatoms. The minimum atomic E-state index is -3.60. The van der Waals surface area contributed by atoms with Gasteiger partial charge in [0.15, 0.2) is 0 Å². The zero-order valence-electron chi connectivity index (χ0n) is 9.82. The molecule has 0 aliphatic carbocycles. The van der Waals surface area contributed by atoms with Gasteiger partial charge in [-0.25, -0.2) is 18.4 Å². The van der Waals surface area contributed by atoms with Crippen LogP contribution in [0, 0.1) is 0 Å². The highest BCUT2D eigenvalue weighted by molar-refractivity contribution is 7.89. The van der Waals surface area contributed by atoms with Crippen molar-refractivity contribution < 1.29 is 8.42 Å². The minimum Gasteiger partial charge on any atom is -0.244 e. The van der Waals surface area contributed by atoms with Crippen molar-refractivity contribution in [3.63, 3.8) is 0 Å². The third-order valence-electron chi connectivity index (χ3n) is 3.01. The maximum atomic E-state index is 12.5. The summed E-state index contributed by atoms with van der Waals surface area (Å²) in [5.74, 6) is 0. The summed E-state index contributed by atoms with van der Waals surface area (Å²) >= 11 is 5.96. The Morgan fingerprint density at radius 1 is 1.21 bits per heavy atom. The zero-order valence-corrected chi connectivity index (χ0v) is 11.4. The van der Waals surface area contributed by atoms with E-state index in [9.17, 15) is 8.42 Å². The Balaban J connectivity index is 1.99. The number of benzene rings is 1. The summed E-state index contributed by atoms with van der Waals surface area (Å²) in [7, 11) is -3.60. The van der Waals surface area contributed by atoms with Crippen LogP contribution in [0.2, 0.25) is 5.02 Å². The molecule has 0 spiro atoms. The number of rotatable bonds is 2. The van der Waals surface area contributed by atoms with Gasteiger partial charge < -0.3 is 0 Å². The van der Waals surface area contributed by atoms with Crippen LogP contribution < -0.4 is 0 Å². The van der Waals surface area contributed by atoms with E-state index in [4.69, 9.17) is 11.6 Å². The SMILES string of the molecule is O=S(=O)(c1ccccc1Cl)N1Cc2cncnc2C1. The van der Waals surface area contributed by atoms with Crippen LogP contribution in [0.15, 0.2) is 41.7 Å². The Labute approximate surface area is 115 Å². The summed E-state index contributed by atoms with van der Waals surface area (Å²) in [6.07, 6.45) is 3.06. The lowest BCUT2D eigenvalue weighted by atomic mass is 10.3. The molecule has 2 aromatic rings. The first-order valence-electron chi connectivity index (χ1n) is 5.61. The van der Waals surface area contributed by atoms with Crippen LogP contribution in [-0.2, 0) is 23.1 Å². The number of hydrogen-bond acceptors (Lipinski definition) is 4. The number of aromatic nitrogens is 2. The summed E-state index contributed by atoms with van der Waals surface area (Å²) in [5, 5.41) is 0.226. The monoisotopic (exact) mass is 295 g/mol. The number of sulfonamides is 1. The summed E-state index contributed by atoms with van der Waals surface area (Å²) < 4.78 is 26.4. The lowest BCUT2D eigenvalue weighted by Crippen LogP contribution is -2.26. The van der Waals surface area contributed by atoms with Crippen molar-refractivity contribution in [3.05, 3.63) is 53.1 Å². The first kappa shape index (κ1) is 12.5. The van der Waals surface area contributed by atoms with Crippen LogP contribution in [-0.4, -0.2) is 22.7 Å². The van der Waals surface area contributed by atoms with E-state index in [0.29, 0.717) is 0 Å². The third kappa shape index (κ3) is 2.11. The van der Waals surface area contributed by atoms with E-state index >= 15 is 0 Å². The molecular formula is C12H10ClN3O2S. The lowest BCUT2D eigenvalue weighted by Gasteiger charge is -2.16. The Morgan fingerprint density at radius 2 is 2.00 bits per heavy atom. The molecule has 0 N–H and O–H groups in total. The topological polar surface area (TPSA) is 63.2 Å². The Morgan fingerprint density at radius 3 is 2.74 bits per heavy atom. The van der Waals surface area contributed by atoms with Crippen LogP contribution in [0.5, 0.6) is 0 Å². The second kappa shape index (κ2) is 4.56. The average molecular weight is 296 g/mol. The van der Waals surface area contributed by atoms with Crippen molar-refractivity contribution in [1.29, 1.82) is 0 Å². The van der Waals surface area contributed by atoms with Crippen molar-refractivity contribution in [2.75, 3.05) is 0 Å². The van der Waals surface area contributed by atoms with Gasteiger partial charge in [-0.1, -0.05) is 23.7 Å². The summed E-state index contributed by atoms with van der Waals surface area (Å²) in [6.45, 7) is 0.537. The maximum absolute atomic E-state index is 12.5. The molecule has 1 aliphatic heterocycles. The molecule has 0 bridgehead atoms. The maximum Gasteiger partial charge on any atom is 0.245 e. The molecule has 0 fully saturated rings. The molecule has 0 radical (unpaired) electrons. The molecule has 0 unspecified atom stereocenters. The highest BCUT2D eigenvalue weighted by Crippen LogP contribution is 2.30. The van der Waals surface area contributed by atoms with E-state index in [0.717, 1.165) is 11.3 Å². The second-order valence-corrected chi connectivity index (χ2v) is 6.51. The van der Waals surface area contributed by atoms with Crippen molar-refractivity contribution in [2.45, 2.75) is 18.0 Å². The van der Waals surface area contributed by atoms with E-state index in [1.165, 1.54) is 16.7 Å².